The maximum atomic E-state index is 12.5. The van der Waals surface area contributed by atoms with Crippen molar-refractivity contribution in [3.05, 3.63) is 59.0 Å². The van der Waals surface area contributed by atoms with Crippen LogP contribution in [0.1, 0.15) is 0 Å². The summed E-state index contributed by atoms with van der Waals surface area (Å²) < 4.78 is 1.58. The van der Waals surface area contributed by atoms with E-state index >= 15 is 0 Å². The molecule has 0 aliphatic carbocycles. The maximum absolute atomic E-state index is 12.5. The highest BCUT2D eigenvalue weighted by Gasteiger charge is 2.11. The van der Waals surface area contributed by atoms with Crippen LogP contribution in [0.4, 0.5) is 0 Å². The molecule has 0 aliphatic heterocycles. The Morgan fingerprint density at radius 2 is 1.90 bits per heavy atom. The van der Waals surface area contributed by atoms with Gasteiger partial charge in [0.15, 0.2) is 0 Å². The molecule has 0 saturated carbocycles. The average molecular weight is 261 g/mol. The molecule has 3 aromatic heterocycles. The minimum atomic E-state index is -0.0653. The molecule has 0 radical (unpaired) electrons. The van der Waals surface area contributed by atoms with Crippen LogP contribution in [-0.2, 0) is 7.05 Å². The number of aromatic nitrogens is 3. The second-order valence-corrected chi connectivity index (χ2v) is 4.82. The van der Waals surface area contributed by atoms with Gasteiger partial charge in [0, 0.05) is 24.0 Å². The van der Waals surface area contributed by atoms with Crippen molar-refractivity contribution in [3.63, 3.8) is 0 Å². The van der Waals surface area contributed by atoms with Crippen LogP contribution in [-0.4, -0.2) is 14.5 Å². The minimum Gasteiger partial charge on any atom is -0.295 e. The SMILES string of the molecule is Cn1c(=O)c2cc3ccccc3nc2c2cccnc21. The summed E-state index contributed by atoms with van der Waals surface area (Å²) in [4.78, 5) is 21.4. The van der Waals surface area contributed by atoms with Gasteiger partial charge in [-0.3, -0.25) is 9.36 Å². The second kappa shape index (κ2) is 3.87. The van der Waals surface area contributed by atoms with Crippen LogP contribution in [0.5, 0.6) is 0 Å². The molecular weight excluding hydrogens is 250 g/mol. The van der Waals surface area contributed by atoms with Gasteiger partial charge in [-0.25, -0.2) is 9.97 Å². The van der Waals surface area contributed by atoms with Crippen molar-refractivity contribution >= 4 is 32.8 Å². The molecule has 4 aromatic rings. The molecule has 1 aromatic carbocycles. The first-order valence-corrected chi connectivity index (χ1v) is 6.39. The van der Waals surface area contributed by atoms with Crippen molar-refractivity contribution in [2.75, 3.05) is 0 Å². The summed E-state index contributed by atoms with van der Waals surface area (Å²) in [5, 5.41) is 2.50. The first-order chi connectivity index (χ1) is 9.75. The molecule has 0 unspecified atom stereocenters. The van der Waals surface area contributed by atoms with E-state index in [9.17, 15) is 4.79 Å². The predicted molar refractivity (Wildman–Crippen MR) is 79.8 cm³/mol. The molecule has 0 fully saturated rings. The van der Waals surface area contributed by atoms with Crippen LogP contribution >= 0.6 is 0 Å². The normalized spacial score (nSPS) is 11.4. The van der Waals surface area contributed by atoms with Crippen LogP contribution in [0.3, 0.4) is 0 Å². The average Bonchev–Trinajstić information content (AvgIpc) is 2.51. The van der Waals surface area contributed by atoms with Gasteiger partial charge in [0.25, 0.3) is 5.56 Å². The van der Waals surface area contributed by atoms with E-state index in [0.29, 0.717) is 11.0 Å². The third kappa shape index (κ3) is 1.39. The highest BCUT2D eigenvalue weighted by atomic mass is 16.1. The zero-order chi connectivity index (χ0) is 13.7. The van der Waals surface area contributed by atoms with Crippen LogP contribution in [0.2, 0.25) is 0 Å². The summed E-state index contributed by atoms with van der Waals surface area (Å²) in [5.74, 6) is 0. The van der Waals surface area contributed by atoms with Crippen molar-refractivity contribution in [2.45, 2.75) is 0 Å². The van der Waals surface area contributed by atoms with E-state index in [2.05, 4.69) is 9.97 Å². The number of fused-ring (bicyclic) bond motifs is 4. The number of para-hydroxylation sites is 1. The van der Waals surface area contributed by atoms with Crippen molar-refractivity contribution in [3.8, 4) is 0 Å². The van der Waals surface area contributed by atoms with Crippen LogP contribution in [0.25, 0.3) is 32.8 Å². The van der Waals surface area contributed by atoms with E-state index < -0.39 is 0 Å². The largest absolute Gasteiger partial charge is 0.295 e. The molecule has 4 rings (SSSR count). The fourth-order valence-corrected chi connectivity index (χ4v) is 2.61. The van der Waals surface area contributed by atoms with Gasteiger partial charge in [-0.1, -0.05) is 18.2 Å². The van der Waals surface area contributed by atoms with E-state index in [1.54, 1.807) is 17.8 Å². The molecule has 0 spiro atoms. The van der Waals surface area contributed by atoms with Crippen LogP contribution in [0.15, 0.2) is 53.5 Å². The molecular formula is C16H11N3O. The molecule has 4 nitrogen and oxygen atoms in total. The standard InChI is InChI=1S/C16H11N3O/c1-19-15-11(6-4-8-17-15)14-12(16(19)20)9-10-5-2-3-7-13(10)18-14/h2-9H,1H3. The lowest BCUT2D eigenvalue weighted by molar-refractivity contribution is 0.899. The zero-order valence-electron chi connectivity index (χ0n) is 10.9. The molecule has 3 heterocycles. The van der Waals surface area contributed by atoms with E-state index in [-0.39, 0.29) is 5.56 Å². The molecule has 0 saturated heterocycles. The number of hydrogen-bond acceptors (Lipinski definition) is 3. The summed E-state index contributed by atoms with van der Waals surface area (Å²) in [7, 11) is 1.74. The Labute approximate surface area is 114 Å². The summed E-state index contributed by atoms with van der Waals surface area (Å²) in [5.41, 5.74) is 2.20. The monoisotopic (exact) mass is 261 g/mol. The Morgan fingerprint density at radius 3 is 2.80 bits per heavy atom. The summed E-state index contributed by atoms with van der Waals surface area (Å²) in [6.45, 7) is 0. The van der Waals surface area contributed by atoms with E-state index in [0.717, 1.165) is 21.8 Å². The third-order valence-corrected chi connectivity index (χ3v) is 3.62. The quantitative estimate of drug-likeness (QED) is 0.361. The summed E-state index contributed by atoms with van der Waals surface area (Å²) in [6.07, 6.45) is 1.69. The Hall–Kier alpha value is -2.75. The fourth-order valence-electron chi connectivity index (χ4n) is 2.61. The predicted octanol–water partition coefficient (Wildman–Crippen LogP) is 2.63. The molecule has 0 amide bonds. The van der Waals surface area contributed by atoms with Crippen molar-refractivity contribution in [1.29, 1.82) is 0 Å². The Morgan fingerprint density at radius 1 is 1.05 bits per heavy atom. The van der Waals surface area contributed by atoms with Gasteiger partial charge < -0.3 is 0 Å². The van der Waals surface area contributed by atoms with Gasteiger partial charge in [-0.05, 0) is 24.3 Å². The van der Waals surface area contributed by atoms with E-state index in [1.165, 1.54) is 0 Å². The highest BCUT2D eigenvalue weighted by molar-refractivity contribution is 6.05. The Kier molecular flexibility index (Phi) is 2.15. The van der Waals surface area contributed by atoms with Crippen molar-refractivity contribution in [2.24, 2.45) is 7.05 Å². The molecule has 96 valence electrons. The molecule has 0 atom stereocenters. The first kappa shape index (κ1) is 11.1. The smallest absolute Gasteiger partial charge is 0.261 e. The number of pyridine rings is 3. The Balaban J connectivity index is 2.37. The van der Waals surface area contributed by atoms with Gasteiger partial charge in [-0.15, -0.1) is 0 Å². The van der Waals surface area contributed by atoms with Gasteiger partial charge in [0.1, 0.15) is 5.65 Å². The maximum Gasteiger partial charge on any atom is 0.261 e. The lowest BCUT2D eigenvalue weighted by Crippen LogP contribution is -2.18. The van der Waals surface area contributed by atoms with Gasteiger partial charge in [0.2, 0.25) is 0 Å². The first-order valence-electron chi connectivity index (χ1n) is 6.39. The van der Waals surface area contributed by atoms with Crippen LogP contribution < -0.4 is 5.56 Å². The fraction of sp³-hybridized carbons (Fsp3) is 0.0625. The molecule has 4 heteroatoms. The number of aryl methyl sites for hydroxylation is 1. The van der Waals surface area contributed by atoms with Gasteiger partial charge in [-0.2, -0.15) is 0 Å². The number of benzene rings is 1. The Bertz CT molecular complexity index is 1030. The van der Waals surface area contributed by atoms with Crippen LogP contribution in [0, 0.1) is 0 Å². The number of hydrogen-bond donors (Lipinski definition) is 0. The lowest BCUT2D eigenvalue weighted by Gasteiger charge is -2.08. The highest BCUT2D eigenvalue weighted by Crippen LogP contribution is 2.22. The topological polar surface area (TPSA) is 47.8 Å². The number of nitrogens with zero attached hydrogens (tertiary/aromatic N) is 3. The molecule has 0 N–H and O–H groups in total. The second-order valence-electron chi connectivity index (χ2n) is 4.82. The summed E-state index contributed by atoms with van der Waals surface area (Å²) in [6, 6.07) is 13.5. The van der Waals surface area contributed by atoms with Crippen molar-refractivity contribution in [1.82, 2.24) is 14.5 Å². The third-order valence-electron chi connectivity index (χ3n) is 3.62. The van der Waals surface area contributed by atoms with Gasteiger partial charge >= 0.3 is 0 Å². The van der Waals surface area contributed by atoms with Gasteiger partial charge in [0.05, 0.1) is 16.4 Å². The van der Waals surface area contributed by atoms with E-state index in [1.807, 2.05) is 42.5 Å². The number of rotatable bonds is 0. The molecule has 0 aliphatic rings. The lowest BCUT2D eigenvalue weighted by atomic mass is 10.1. The van der Waals surface area contributed by atoms with E-state index in [4.69, 9.17) is 0 Å². The summed E-state index contributed by atoms with van der Waals surface area (Å²) >= 11 is 0. The molecule has 20 heavy (non-hydrogen) atoms. The molecule has 0 bridgehead atoms. The minimum absolute atomic E-state index is 0.0653. The van der Waals surface area contributed by atoms with Crippen molar-refractivity contribution < 1.29 is 0 Å². The zero-order valence-corrected chi connectivity index (χ0v) is 10.9.